The fourth-order valence-corrected chi connectivity index (χ4v) is 3.01. The van der Waals surface area contributed by atoms with Gasteiger partial charge in [0.15, 0.2) is 0 Å². The Morgan fingerprint density at radius 3 is 2.89 bits per heavy atom. The maximum absolute atomic E-state index is 14.0. The maximum Gasteiger partial charge on any atom is 0.236 e. The minimum Gasteiger partial charge on any atom is -0.343 e. The molecule has 2 saturated heterocycles. The molecule has 2 heterocycles. The average Bonchev–Trinajstić information content (AvgIpc) is 2.40. The number of carbonyl (C=O) groups is 1. The van der Waals surface area contributed by atoms with Crippen molar-refractivity contribution in [3.63, 3.8) is 0 Å². The van der Waals surface area contributed by atoms with Gasteiger partial charge in [0, 0.05) is 38.3 Å². The van der Waals surface area contributed by atoms with Crippen molar-refractivity contribution < 1.29 is 9.18 Å². The quantitative estimate of drug-likeness (QED) is 0.806. The van der Waals surface area contributed by atoms with Crippen LogP contribution in [-0.4, -0.2) is 55.0 Å². The molecule has 4 nitrogen and oxygen atoms in total. The summed E-state index contributed by atoms with van der Waals surface area (Å²) in [6.07, 6.45) is 0. The highest BCUT2D eigenvalue weighted by Gasteiger charge is 2.38. The van der Waals surface area contributed by atoms with Crippen LogP contribution < -0.4 is 5.32 Å². The highest BCUT2D eigenvalue weighted by atomic mass is 19.1. The molecule has 0 aromatic heterocycles. The van der Waals surface area contributed by atoms with E-state index in [1.54, 1.807) is 11.0 Å². The van der Waals surface area contributed by atoms with Crippen LogP contribution in [0, 0.1) is 5.82 Å². The number of likely N-dealkylation sites (N-methyl/N-ethyl adjacent to an activating group) is 1. The molecular weight excluding hydrogens is 245 g/mol. The van der Waals surface area contributed by atoms with Gasteiger partial charge >= 0.3 is 0 Å². The van der Waals surface area contributed by atoms with Crippen molar-refractivity contribution in [3.05, 3.63) is 35.6 Å². The van der Waals surface area contributed by atoms with E-state index in [-0.39, 0.29) is 23.8 Å². The van der Waals surface area contributed by atoms with E-state index < -0.39 is 0 Å². The highest BCUT2D eigenvalue weighted by Crippen LogP contribution is 2.29. The molecule has 102 valence electrons. The fourth-order valence-electron chi connectivity index (χ4n) is 3.01. The first-order chi connectivity index (χ1) is 9.16. The van der Waals surface area contributed by atoms with E-state index in [4.69, 9.17) is 0 Å². The van der Waals surface area contributed by atoms with Gasteiger partial charge in [0.2, 0.25) is 5.91 Å². The number of nitrogens with one attached hydrogen (secondary N) is 1. The van der Waals surface area contributed by atoms with Crippen LogP contribution >= 0.6 is 0 Å². The van der Waals surface area contributed by atoms with Crippen molar-refractivity contribution in [1.82, 2.24) is 15.1 Å². The van der Waals surface area contributed by atoms with Gasteiger partial charge in [-0.3, -0.25) is 9.69 Å². The first-order valence-electron chi connectivity index (χ1n) is 6.61. The fraction of sp³-hybridized carbons (Fsp3) is 0.500. The Balaban J connectivity index is 1.90. The molecular formula is C14H18FN3O. The lowest BCUT2D eigenvalue weighted by Crippen LogP contribution is -2.63. The van der Waals surface area contributed by atoms with Crippen LogP contribution in [-0.2, 0) is 4.79 Å². The zero-order valence-electron chi connectivity index (χ0n) is 11.0. The summed E-state index contributed by atoms with van der Waals surface area (Å²) in [6.45, 7) is 2.62. The van der Waals surface area contributed by atoms with Gasteiger partial charge in [-0.1, -0.05) is 18.2 Å². The first kappa shape index (κ1) is 12.6. The van der Waals surface area contributed by atoms with Crippen molar-refractivity contribution >= 4 is 5.91 Å². The number of rotatable bonds is 1. The zero-order chi connectivity index (χ0) is 13.4. The second-order valence-electron chi connectivity index (χ2n) is 5.30. The van der Waals surface area contributed by atoms with E-state index in [1.807, 2.05) is 19.2 Å². The summed E-state index contributed by atoms with van der Waals surface area (Å²) in [6, 6.07) is 7.05. The molecule has 0 aliphatic carbocycles. The van der Waals surface area contributed by atoms with E-state index in [2.05, 4.69) is 10.2 Å². The Bertz CT molecular complexity index is 493. The minimum atomic E-state index is -0.193. The van der Waals surface area contributed by atoms with Crippen LogP contribution in [0.4, 0.5) is 4.39 Å². The van der Waals surface area contributed by atoms with Crippen LogP contribution in [0.3, 0.4) is 0 Å². The summed E-state index contributed by atoms with van der Waals surface area (Å²) < 4.78 is 14.0. The van der Waals surface area contributed by atoms with Gasteiger partial charge in [0.1, 0.15) is 5.82 Å². The van der Waals surface area contributed by atoms with Crippen LogP contribution in [0.5, 0.6) is 0 Å². The van der Waals surface area contributed by atoms with Crippen molar-refractivity contribution in [2.75, 3.05) is 33.2 Å². The van der Waals surface area contributed by atoms with Crippen molar-refractivity contribution in [2.45, 2.75) is 12.1 Å². The summed E-state index contributed by atoms with van der Waals surface area (Å²) in [4.78, 5) is 15.8. The van der Waals surface area contributed by atoms with E-state index in [0.717, 1.165) is 6.54 Å². The second-order valence-corrected chi connectivity index (χ2v) is 5.30. The number of nitrogens with zero attached hydrogens (tertiary/aromatic N) is 2. The summed E-state index contributed by atoms with van der Waals surface area (Å²) in [7, 11) is 1.83. The van der Waals surface area contributed by atoms with Crippen LogP contribution in [0.2, 0.25) is 0 Å². The minimum absolute atomic E-state index is 0.0578. The Morgan fingerprint density at radius 1 is 1.32 bits per heavy atom. The number of amides is 1. The molecule has 2 fully saturated rings. The van der Waals surface area contributed by atoms with Crippen LogP contribution in [0.15, 0.2) is 24.3 Å². The Labute approximate surface area is 112 Å². The molecule has 1 N–H and O–H groups in total. The predicted molar refractivity (Wildman–Crippen MR) is 70.1 cm³/mol. The molecule has 0 spiro atoms. The smallest absolute Gasteiger partial charge is 0.236 e. The summed E-state index contributed by atoms with van der Waals surface area (Å²) in [5, 5.41) is 3.35. The largest absolute Gasteiger partial charge is 0.343 e. The second kappa shape index (κ2) is 4.90. The van der Waals surface area contributed by atoms with Gasteiger partial charge < -0.3 is 10.2 Å². The summed E-state index contributed by atoms with van der Waals surface area (Å²) >= 11 is 0. The topological polar surface area (TPSA) is 35.6 Å². The Kier molecular flexibility index (Phi) is 3.24. The first-order valence-corrected chi connectivity index (χ1v) is 6.61. The third-order valence-electron chi connectivity index (χ3n) is 4.08. The highest BCUT2D eigenvalue weighted by molar-refractivity contribution is 5.79. The molecule has 2 unspecified atom stereocenters. The lowest BCUT2D eigenvalue weighted by molar-refractivity contribution is -0.139. The van der Waals surface area contributed by atoms with E-state index in [9.17, 15) is 9.18 Å². The number of hydrogen-bond acceptors (Lipinski definition) is 3. The van der Waals surface area contributed by atoms with E-state index in [0.29, 0.717) is 25.2 Å². The van der Waals surface area contributed by atoms with Gasteiger partial charge in [-0.2, -0.15) is 0 Å². The molecule has 0 radical (unpaired) electrons. The van der Waals surface area contributed by atoms with E-state index in [1.165, 1.54) is 6.07 Å². The number of piperazine rings is 2. The van der Waals surface area contributed by atoms with Crippen LogP contribution in [0.25, 0.3) is 0 Å². The van der Waals surface area contributed by atoms with Gasteiger partial charge in [0.05, 0.1) is 12.6 Å². The van der Waals surface area contributed by atoms with Gasteiger partial charge in [-0.05, 0) is 6.07 Å². The molecule has 2 aliphatic heterocycles. The van der Waals surface area contributed by atoms with Gasteiger partial charge in [0.25, 0.3) is 0 Å². The Morgan fingerprint density at radius 2 is 2.11 bits per heavy atom. The molecule has 19 heavy (non-hydrogen) atoms. The number of fused-ring (bicyclic) bond motifs is 1. The Hall–Kier alpha value is -1.46. The number of hydrogen-bond donors (Lipinski definition) is 1. The van der Waals surface area contributed by atoms with Crippen molar-refractivity contribution in [3.8, 4) is 0 Å². The molecule has 0 bridgehead atoms. The predicted octanol–water partition coefficient (Wildman–Crippen LogP) is 0.613. The number of halogens is 1. The molecule has 3 rings (SSSR count). The standard InChI is InChI=1S/C14H18FN3O/c1-17-8-10-6-16-7-13(18(10)9-14(17)19)11-4-2-3-5-12(11)15/h2-5,10,13,16H,6-9H2,1H3. The third-order valence-corrected chi connectivity index (χ3v) is 4.08. The van der Waals surface area contributed by atoms with Gasteiger partial charge in [-0.15, -0.1) is 0 Å². The molecule has 1 aromatic rings. The molecule has 1 aromatic carbocycles. The lowest BCUT2D eigenvalue weighted by atomic mass is 9.97. The maximum atomic E-state index is 14.0. The number of carbonyl (C=O) groups excluding carboxylic acids is 1. The van der Waals surface area contributed by atoms with E-state index >= 15 is 0 Å². The monoisotopic (exact) mass is 263 g/mol. The molecule has 1 amide bonds. The molecule has 5 heteroatoms. The average molecular weight is 263 g/mol. The number of benzene rings is 1. The van der Waals surface area contributed by atoms with Gasteiger partial charge in [-0.25, -0.2) is 4.39 Å². The lowest BCUT2D eigenvalue weighted by Gasteiger charge is -2.47. The normalized spacial score (nSPS) is 28.3. The summed E-state index contributed by atoms with van der Waals surface area (Å²) in [5.74, 6) is -0.0826. The third kappa shape index (κ3) is 2.24. The molecule has 2 aliphatic rings. The zero-order valence-corrected chi connectivity index (χ0v) is 11.0. The SMILES string of the molecule is CN1CC2CNCC(c3ccccc3F)N2CC1=O. The summed E-state index contributed by atoms with van der Waals surface area (Å²) in [5.41, 5.74) is 0.678. The van der Waals surface area contributed by atoms with Crippen molar-refractivity contribution in [1.29, 1.82) is 0 Å². The molecule has 0 saturated carbocycles. The van der Waals surface area contributed by atoms with Crippen LogP contribution in [0.1, 0.15) is 11.6 Å². The van der Waals surface area contributed by atoms with Crippen molar-refractivity contribution in [2.24, 2.45) is 0 Å². The molecule has 2 atom stereocenters.